The van der Waals surface area contributed by atoms with Gasteiger partial charge in [0.1, 0.15) is 13.2 Å². The molecule has 2 atom stereocenters. The maximum Gasteiger partial charge on any atom is 0.306 e. The first-order chi connectivity index (χ1) is 39.1. The summed E-state index contributed by atoms with van der Waals surface area (Å²) in [6.07, 6.45) is 72.0. The van der Waals surface area contributed by atoms with Gasteiger partial charge in [-0.15, -0.1) is 0 Å². The normalized spacial score (nSPS) is 12.6. The quantitative estimate of drug-likeness (QED) is 0.0256. The number of carboxylic acid groups (broad SMARTS) is 1. The second-order valence-corrected chi connectivity index (χ2v) is 25.9. The largest absolute Gasteiger partial charge is 0.545 e. The summed E-state index contributed by atoms with van der Waals surface area (Å²) < 4.78 is 22.8. The highest BCUT2D eigenvalue weighted by Crippen LogP contribution is 2.20. The Labute approximate surface area is 498 Å². The fourth-order valence-electron chi connectivity index (χ4n) is 11.1. The number of hydrogen-bond acceptors (Lipinski definition) is 8. The molecule has 0 aromatic carbocycles. The molecule has 2 unspecified atom stereocenters. The van der Waals surface area contributed by atoms with E-state index in [1.165, 1.54) is 315 Å². The molecule has 0 aromatic heterocycles. The molecule has 9 heteroatoms. The number of carbonyl (C=O) groups excluding carboxylic acids is 3. The standard InChI is InChI=1S/C71H139NO8/c1-6-8-10-12-14-16-18-20-22-24-26-28-30-32-33-34-35-36-37-38-40-42-44-46-48-50-52-54-56-58-60-62-69(74)80-67(66-79-71(70(75)76)77-64-63-72(3,4)5)65-78-68(73)61-59-57-55-53-51-49-47-45-43-41-39-31-29-27-25-23-21-19-17-15-13-11-9-7-2/h67,71H,6-66H2,1-5H3. The summed E-state index contributed by atoms with van der Waals surface area (Å²) in [4.78, 5) is 37.5. The van der Waals surface area contributed by atoms with Crippen LogP contribution in [0.2, 0.25) is 0 Å². The van der Waals surface area contributed by atoms with Crippen LogP contribution in [0.3, 0.4) is 0 Å². The van der Waals surface area contributed by atoms with E-state index in [2.05, 4.69) is 13.8 Å². The van der Waals surface area contributed by atoms with Crippen molar-refractivity contribution in [1.82, 2.24) is 0 Å². The Morgan fingerprint density at radius 2 is 0.562 bits per heavy atom. The van der Waals surface area contributed by atoms with Crippen LogP contribution >= 0.6 is 0 Å². The van der Waals surface area contributed by atoms with Crippen molar-refractivity contribution in [1.29, 1.82) is 0 Å². The van der Waals surface area contributed by atoms with Gasteiger partial charge in [0, 0.05) is 12.8 Å². The lowest BCUT2D eigenvalue weighted by atomic mass is 10.0. The molecule has 0 spiro atoms. The predicted molar refractivity (Wildman–Crippen MR) is 339 cm³/mol. The summed E-state index contributed by atoms with van der Waals surface area (Å²) in [5, 5.41) is 11.8. The third kappa shape index (κ3) is 63.9. The summed E-state index contributed by atoms with van der Waals surface area (Å²) in [6.45, 7) is 4.85. The lowest BCUT2D eigenvalue weighted by Gasteiger charge is -2.26. The van der Waals surface area contributed by atoms with Gasteiger partial charge < -0.3 is 33.3 Å². The summed E-state index contributed by atoms with van der Waals surface area (Å²) in [5.74, 6) is -2.24. The summed E-state index contributed by atoms with van der Waals surface area (Å²) in [5.41, 5.74) is 0. The fourth-order valence-corrected chi connectivity index (χ4v) is 11.1. The highest BCUT2D eigenvalue weighted by Gasteiger charge is 2.22. The van der Waals surface area contributed by atoms with Gasteiger partial charge in [0.05, 0.1) is 40.3 Å². The molecule has 0 aromatic rings. The van der Waals surface area contributed by atoms with Crippen molar-refractivity contribution in [3.05, 3.63) is 0 Å². The van der Waals surface area contributed by atoms with Crippen molar-refractivity contribution in [2.45, 2.75) is 392 Å². The van der Waals surface area contributed by atoms with E-state index in [0.717, 1.165) is 38.5 Å². The van der Waals surface area contributed by atoms with E-state index in [1.54, 1.807) is 0 Å². The molecule has 0 heterocycles. The van der Waals surface area contributed by atoms with Gasteiger partial charge in [-0.1, -0.05) is 354 Å². The van der Waals surface area contributed by atoms with E-state index in [9.17, 15) is 19.5 Å². The second kappa shape index (κ2) is 63.3. The number of nitrogens with zero attached hydrogens (tertiary/aromatic N) is 1. The van der Waals surface area contributed by atoms with Crippen LogP contribution in [-0.2, 0) is 33.3 Å². The number of rotatable bonds is 68. The molecule has 0 radical (unpaired) electrons. The van der Waals surface area contributed by atoms with Crippen molar-refractivity contribution < 1.29 is 42.9 Å². The van der Waals surface area contributed by atoms with E-state index in [0.29, 0.717) is 17.4 Å². The monoisotopic (exact) mass is 1130 g/mol. The lowest BCUT2D eigenvalue weighted by molar-refractivity contribution is -0.870. The van der Waals surface area contributed by atoms with Crippen LogP contribution in [0.15, 0.2) is 0 Å². The first-order valence-corrected chi connectivity index (χ1v) is 35.7. The van der Waals surface area contributed by atoms with Crippen molar-refractivity contribution >= 4 is 17.9 Å². The van der Waals surface area contributed by atoms with Crippen LogP contribution in [0.4, 0.5) is 0 Å². The van der Waals surface area contributed by atoms with Crippen LogP contribution in [0.25, 0.3) is 0 Å². The van der Waals surface area contributed by atoms with Crippen LogP contribution in [0, 0.1) is 0 Å². The van der Waals surface area contributed by atoms with Gasteiger partial charge in [-0.05, 0) is 12.8 Å². The maximum atomic E-state index is 12.9. The van der Waals surface area contributed by atoms with Crippen molar-refractivity contribution in [3.8, 4) is 0 Å². The smallest absolute Gasteiger partial charge is 0.306 e. The first-order valence-electron chi connectivity index (χ1n) is 35.7. The number of quaternary nitrogens is 1. The Morgan fingerprint density at radius 3 is 0.800 bits per heavy atom. The number of likely N-dealkylation sites (N-methyl/N-ethyl adjacent to an activating group) is 1. The second-order valence-electron chi connectivity index (χ2n) is 25.9. The zero-order valence-corrected chi connectivity index (χ0v) is 54.5. The SMILES string of the molecule is CCCCCCCCCCCCCCCCCCCCCCCCCCCCCCCCCC(=O)OC(COC(=O)CCCCCCCCCCCCCCCCCCCCCCCCCC)COC(OCC[N+](C)(C)C)C(=O)[O-]. The average Bonchev–Trinajstić information content (AvgIpc) is 3.43. The van der Waals surface area contributed by atoms with Gasteiger partial charge in [-0.2, -0.15) is 0 Å². The van der Waals surface area contributed by atoms with Gasteiger partial charge in [-0.3, -0.25) is 9.59 Å². The highest BCUT2D eigenvalue weighted by atomic mass is 16.7. The van der Waals surface area contributed by atoms with Crippen molar-refractivity contribution in [2.75, 3.05) is 47.5 Å². The number of ether oxygens (including phenoxy) is 4. The van der Waals surface area contributed by atoms with Gasteiger partial charge in [0.25, 0.3) is 0 Å². The molecule has 476 valence electrons. The molecule has 0 amide bonds. The Hall–Kier alpha value is -1.71. The number of unbranched alkanes of at least 4 members (excludes halogenated alkanes) is 53. The summed E-state index contributed by atoms with van der Waals surface area (Å²) in [7, 11) is 5.95. The lowest BCUT2D eigenvalue weighted by Crippen LogP contribution is -2.44. The molecular weight excluding hydrogens is 995 g/mol. The average molecular weight is 1130 g/mol. The van der Waals surface area contributed by atoms with Gasteiger partial charge >= 0.3 is 11.9 Å². The Morgan fingerprint density at radius 1 is 0.325 bits per heavy atom. The Kier molecular flexibility index (Phi) is 62.0. The molecule has 0 saturated carbocycles. The molecule has 0 bridgehead atoms. The summed E-state index contributed by atoms with van der Waals surface area (Å²) >= 11 is 0. The molecule has 0 N–H and O–H groups in total. The summed E-state index contributed by atoms with van der Waals surface area (Å²) in [6, 6.07) is 0. The molecular formula is C71H139NO8. The number of esters is 2. The minimum Gasteiger partial charge on any atom is -0.545 e. The Bertz CT molecular complexity index is 1270. The predicted octanol–water partition coefficient (Wildman–Crippen LogP) is 20.5. The number of hydrogen-bond donors (Lipinski definition) is 0. The fraction of sp³-hybridized carbons (Fsp3) is 0.958. The molecule has 0 aliphatic rings. The topological polar surface area (TPSA) is 111 Å². The first kappa shape index (κ1) is 78.3. The minimum absolute atomic E-state index is 0.154. The molecule has 80 heavy (non-hydrogen) atoms. The Balaban J connectivity index is 4.02. The van der Waals surface area contributed by atoms with Crippen molar-refractivity contribution in [3.63, 3.8) is 0 Å². The molecule has 0 saturated heterocycles. The van der Waals surface area contributed by atoms with E-state index >= 15 is 0 Å². The minimum atomic E-state index is -1.62. The van der Waals surface area contributed by atoms with Crippen LogP contribution < -0.4 is 5.11 Å². The maximum absolute atomic E-state index is 12.9. The number of aliphatic carboxylic acids is 1. The zero-order valence-electron chi connectivity index (χ0n) is 54.5. The van der Waals surface area contributed by atoms with E-state index in [-0.39, 0.29) is 32.2 Å². The van der Waals surface area contributed by atoms with Crippen LogP contribution in [0.1, 0.15) is 380 Å². The number of carbonyl (C=O) groups is 3. The molecule has 0 aliphatic heterocycles. The number of carboxylic acids is 1. The van der Waals surface area contributed by atoms with Gasteiger partial charge in [0.15, 0.2) is 12.4 Å². The van der Waals surface area contributed by atoms with Gasteiger partial charge in [-0.25, -0.2) is 0 Å². The molecule has 9 nitrogen and oxygen atoms in total. The van der Waals surface area contributed by atoms with Crippen LogP contribution in [-0.4, -0.2) is 82.3 Å². The molecule has 0 fully saturated rings. The van der Waals surface area contributed by atoms with Crippen LogP contribution in [0.5, 0.6) is 0 Å². The van der Waals surface area contributed by atoms with Crippen molar-refractivity contribution in [2.24, 2.45) is 0 Å². The third-order valence-electron chi connectivity index (χ3n) is 16.6. The zero-order chi connectivity index (χ0) is 58.3. The highest BCUT2D eigenvalue weighted by molar-refractivity contribution is 5.70. The van der Waals surface area contributed by atoms with E-state index in [4.69, 9.17) is 18.9 Å². The van der Waals surface area contributed by atoms with E-state index in [1.807, 2.05) is 21.1 Å². The molecule has 0 rings (SSSR count). The molecule has 0 aliphatic carbocycles. The third-order valence-corrected chi connectivity index (χ3v) is 16.6. The van der Waals surface area contributed by atoms with Gasteiger partial charge in [0.2, 0.25) is 0 Å². The van der Waals surface area contributed by atoms with E-state index < -0.39 is 24.3 Å².